The lowest BCUT2D eigenvalue weighted by molar-refractivity contribution is -0.105. The van der Waals surface area contributed by atoms with Crippen molar-refractivity contribution in [1.29, 1.82) is 0 Å². The van der Waals surface area contributed by atoms with Crippen molar-refractivity contribution in [3.8, 4) is 5.75 Å². The third kappa shape index (κ3) is 3.82. The molecule has 0 saturated carbocycles. The zero-order chi connectivity index (χ0) is 14.9. The van der Waals surface area contributed by atoms with Crippen molar-refractivity contribution >= 4 is 11.8 Å². The zero-order valence-electron chi connectivity index (χ0n) is 11.4. The first kappa shape index (κ1) is 15.5. The Hall–Kier alpha value is -0.880. The van der Waals surface area contributed by atoms with Gasteiger partial charge >= 0.3 is 6.18 Å². The molecule has 1 aromatic carbocycles. The monoisotopic (exact) mass is 305 g/mol. The number of hydrogen-bond donors (Lipinski definition) is 1. The first-order valence-electron chi connectivity index (χ1n) is 6.42. The summed E-state index contributed by atoms with van der Waals surface area (Å²) in [5, 5.41) is 9.44. The molecule has 0 spiro atoms. The summed E-state index contributed by atoms with van der Waals surface area (Å²) in [5.74, 6) is -0.599. The summed E-state index contributed by atoms with van der Waals surface area (Å²) >= 11 is 0.979. The van der Waals surface area contributed by atoms with Crippen LogP contribution in [0.2, 0.25) is 0 Å². The highest BCUT2D eigenvalue weighted by Crippen LogP contribution is 2.35. The van der Waals surface area contributed by atoms with E-state index in [2.05, 4.69) is 0 Å². The van der Waals surface area contributed by atoms with E-state index in [1.807, 2.05) is 25.1 Å². The van der Waals surface area contributed by atoms with Crippen molar-refractivity contribution in [2.45, 2.75) is 30.3 Å². The summed E-state index contributed by atoms with van der Waals surface area (Å²) < 4.78 is 37.3. The normalized spacial score (nSPS) is 22.9. The maximum atomic E-state index is 12.4. The summed E-state index contributed by atoms with van der Waals surface area (Å²) in [5.41, 5.74) is 2.08. The predicted octanol–water partition coefficient (Wildman–Crippen LogP) is 3.09. The lowest BCUT2D eigenvalue weighted by Crippen LogP contribution is -2.43. The highest BCUT2D eigenvalue weighted by molar-refractivity contribution is 8.00. The number of phenols is 1. The number of alkyl halides is 3. The van der Waals surface area contributed by atoms with Gasteiger partial charge in [-0.3, -0.25) is 0 Å². The van der Waals surface area contributed by atoms with Gasteiger partial charge in [-0.25, -0.2) is 0 Å². The number of nitrogens with zero attached hydrogens (tertiary/aromatic N) is 1. The maximum absolute atomic E-state index is 12.4. The van der Waals surface area contributed by atoms with Crippen LogP contribution in [0, 0.1) is 0 Å². The molecule has 0 fully saturated rings. The van der Waals surface area contributed by atoms with Gasteiger partial charge in [0.15, 0.2) is 0 Å². The molecule has 2 atom stereocenters. The third-order valence-electron chi connectivity index (χ3n) is 3.59. The average molecular weight is 305 g/mol. The standard InChI is InChI=1S/C14H18F3NOS/c1-18(2)12-6-10-5-11(19)4-3-9(10)7-13(12)20-8-14(15,16)17/h3-5,12-13,19H,6-8H2,1-2H3. The van der Waals surface area contributed by atoms with Crippen LogP contribution in [-0.4, -0.2) is 47.3 Å². The highest BCUT2D eigenvalue weighted by Gasteiger charge is 2.35. The summed E-state index contributed by atoms with van der Waals surface area (Å²) in [6.07, 6.45) is -2.85. The fourth-order valence-electron chi connectivity index (χ4n) is 2.60. The fourth-order valence-corrected chi connectivity index (χ4v) is 3.86. The molecule has 0 radical (unpaired) electrons. The van der Waals surface area contributed by atoms with E-state index in [1.165, 1.54) is 0 Å². The minimum Gasteiger partial charge on any atom is -0.508 e. The van der Waals surface area contributed by atoms with Crippen molar-refractivity contribution in [2.24, 2.45) is 0 Å². The Kier molecular flexibility index (Phi) is 4.54. The maximum Gasteiger partial charge on any atom is 0.397 e. The van der Waals surface area contributed by atoms with E-state index < -0.39 is 11.9 Å². The fraction of sp³-hybridized carbons (Fsp3) is 0.571. The molecule has 2 rings (SSSR count). The summed E-state index contributed by atoms with van der Waals surface area (Å²) in [6.45, 7) is 0. The summed E-state index contributed by atoms with van der Waals surface area (Å²) in [4.78, 5) is 1.97. The molecule has 1 aromatic rings. The quantitative estimate of drug-likeness (QED) is 0.928. The van der Waals surface area contributed by atoms with Crippen LogP contribution in [0.5, 0.6) is 5.75 Å². The molecule has 20 heavy (non-hydrogen) atoms. The molecular weight excluding hydrogens is 287 g/mol. The molecule has 1 aliphatic rings. The first-order valence-corrected chi connectivity index (χ1v) is 7.46. The number of aromatic hydroxyl groups is 1. The summed E-state index contributed by atoms with van der Waals surface area (Å²) in [7, 11) is 3.78. The van der Waals surface area contributed by atoms with Gasteiger partial charge in [0.1, 0.15) is 5.75 Å². The van der Waals surface area contributed by atoms with Crippen molar-refractivity contribution < 1.29 is 18.3 Å². The minimum absolute atomic E-state index is 0.0525. The Labute approximate surface area is 121 Å². The molecule has 0 aliphatic heterocycles. The minimum atomic E-state index is -4.13. The van der Waals surface area contributed by atoms with Gasteiger partial charge in [0.05, 0.1) is 5.75 Å². The van der Waals surface area contributed by atoms with Gasteiger partial charge in [0, 0.05) is 11.3 Å². The number of rotatable bonds is 3. The van der Waals surface area contributed by atoms with Gasteiger partial charge in [-0.2, -0.15) is 13.2 Å². The smallest absolute Gasteiger partial charge is 0.397 e. The van der Waals surface area contributed by atoms with E-state index in [1.54, 1.807) is 12.1 Å². The molecule has 6 heteroatoms. The second-order valence-electron chi connectivity index (χ2n) is 5.36. The first-order chi connectivity index (χ1) is 9.26. The van der Waals surface area contributed by atoms with Crippen molar-refractivity contribution in [1.82, 2.24) is 4.90 Å². The zero-order valence-corrected chi connectivity index (χ0v) is 12.3. The molecule has 0 aromatic heterocycles. The van der Waals surface area contributed by atoms with Crippen LogP contribution in [0.25, 0.3) is 0 Å². The van der Waals surface area contributed by atoms with Crippen LogP contribution in [0.1, 0.15) is 11.1 Å². The predicted molar refractivity (Wildman–Crippen MR) is 75.3 cm³/mol. The Morgan fingerprint density at radius 1 is 1.25 bits per heavy atom. The number of halogens is 3. The number of likely N-dealkylation sites (N-methyl/N-ethyl adjacent to an activating group) is 1. The van der Waals surface area contributed by atoms with Gasteiger partial charge < -0.3 is 10.0 Å². The van der Waals surface area contributed by atoms with Crippen LogP contribution >= 0.6 is 11.8 Å². The Morgan fingerprint density at radius 2 is 1.95 bits per heavy atom. The molecule has 1 aliphatic carbocycles. The Bertz CT molecular complexity index is 476. The summed E-state index contributed by atoms with van der Waals surface area (Å²) in [6, 6.07) is 5.19. The molecule has 2 unspecified atom stereocenters. The largest absolute Gasteiger partial charge is 0.508 e. The lowest BCUT2D eigenvalue weighted by atomic mass is 9.87. The van der Waals surface area contributed by atoms with E-state index in [9.17, 15) is 18.3 Å². The number of fused-ring (bicyclic) bond motifs is 1. The van der Waals surface area contributed by atoms with Crippen molar-refractivity contribution in [3.05, 3.63) is 29.3 Å². The van der Waals surface area contributed by atoms with E-state index in [0.29, 0.717) is 12.8 Å². The van der Waals surface area contributed by atoms with Gasteiger partial charge in [0.2, 0.25) is 0 Å². The van der Waals surface area contributed by atoms with Crippen molar-refractivity contribution in [3.63, 3.8) is 0 Å². The molecular formula is C14H18F3NOS. The molecule has 1 N–H and O–H groups in total. The molecule has 0 saturated heterocycles. The van der Waals surface area contributed by atoms with Crippen LogP contribution < -0.4 is 0 Å². The van der Waals surface area contributed by atoms with Crippen LogP contribution in [0.15, 0.2) is 18.2 Å². The second kappa shape index (κ2) is 5.85. The van der Waals surface area contributed by atoms with Gasteiger partial charge in [0.25, 0.3) is 0 Å². The van der Waals surface area contributed by atoms with E-state index >= 15 is 0 Å². The number of thioether (sulfide) groups is 1. The van der Waals surface area contributed by atoms with E-state index in [-0.39, 0.29) is 17.0 Å². The van der Waals surface area contributed by atoms with E-state index in [4.69, 9.17) is 0 Å². The van der Waals surface area contributed by atoms with E-state index in [0.717, 1.165) is 22.9 Å². The molecule has 0 amide bonds. The lowest BCUT2D eigenvalue weighted by Gasteiger charge is -2.37. The van der Waals surface area contributed by atoms with Crippen molar-refractivity contribution in [2.75, 3.05) is 19.8 Å². The average Bonchev–Trinajstić information content (AvgIpc) is 2.34. The SMILES string of the molecule is CN(C)C1Cc2cc(O)ccc2CC1SCC(F)(F)F. The highest BCUT2D eigenvalue weighted by atomic mass is 32.2. The van der Waals surface area contributed by atoms with Gasteiger partial charge in [-0.1, -0.05) is 6.07 Å². The van der Waals surface area contributed by atoms with Crippen LogP contribution in [0.3, 0.4) is 0 Å². The molecule has 0 bridgehead atoms. The van der Waals surface area contributed by atoms with Crippen LogP contribution in [0.4, 0.5) is 13.2 Å². The topological polar surface area (TPSA) is 23.5 Å². The molecule has 0 heterocycles. The Balaban J connectivity index is 2.17. The van der Waals surface area contributed by atoms with Gasteiger partial charge in [-0.15, -0.1) is 11.8 Å². The number of phenolic OH excluding ortho intramolecular Hbond substituents is 1. The number of benzene rings is 1. The van der Waals surface area contributed by atoms with Crippen LogP contribution in [-0.2, 0) is 12.8 Å². The molecule has 2 nitrogen and oxygen atoms in total. The molecule has 112 valence electrons. The number of hydrogen-bond acceptors (Lipinski definition) is 3. The van der Waals surface area contributed by atoms with Gasteiger partial charge in [-0.05, 0) is 50.2 Å². The Morgan fingerprint density at radius 3 is 2.55 bits per heavy atom. The second-order valence-corrected chi connectivity index (χ2v) is 6.58. The third-order valence-corrected chi connectivity index (χ3v) is 5.00.